The van der Waals surface area contributed by atoms with Crippen molar-refractivity contribution >= 4 is 11.8 Å². The summed E-state index contributed by atoms with van der Waals surface area (Å²) in [4.78, 5) is 27.5. The van der Waals surface area contributed by atoms with Gasteiger partial charge in [-0.2, -0.15) is 0 Å². The van der Waals surface area contributed by atoms with Crippen molar-refractivity contribution in [3.05, 3.63) is 35.4 Å². The Labute approximate surface area is 144 Å². The summed E-state index contributed by atoms with van der Waals surface area (Å²) in [6.07, 6.45) is 6.65. The second-order valence-corrected chi connectivity index (χ2v) is 7.51. The highest BCUT2D eigenvalue weighted by atomic mass is 16.2. The van der Waals surface area contributed by atoms with Crippen molar-refractivity contribution in [1.29, 1.82) is 0 Å². The minimum Gasteiger partial charge on any atom is -0.351 e. The average Bonchev–Trinajstić information content (AvgIpc) is 2.86. The Morgan fingerprint density at radius 1 is 1.21 bits per heavy atom. The Morgan fingerprint density at radius 2 is 1.92 bits per heavy atom. The van der Waals surface area contributed by atoms with Crippen LogP contribution in [0.15, 0.2) is 24.3 Å². The Balaban J connectivity index is 1.80. The van der Waals surface area contributed by atoms with Gasteiger partial charge in [-0.3, -0.25) is 9.59 Å². The van der Waals surface area contributed by atoms with E-state index in [1.807, 2.05) is 24.3 Å². The standard InChI is InChI=1S/C20H28N2O2/c1-14(2)12-13-22-18(16-10-6-7-11-17(16)20(22)24)19(23)21-15-8-4-3-5-9-15/h6-7,10-11,14-15,18H,3-5,8-9,12-13H2,1-2H3,(H,21,23). The Bertz CT molecular complexity index is 605. The van der Waals surface area contributed by atoms with Crippen LogP contribution in [0.1, 0.15) is 74.3 Å². The van der Waals surface area contributed by atoms with E-state index < -0.39 is 6.04 Å². The monoisotopic (exact) mass is 328 g/mol. The zero-order valence-electron chi connectivity index (χ0n) is 14.8. The fraction of sp³-hybridized carbons (Fsp3) is 0.600. The highest BCUT2D eigenvalue weighted by Crippen LogP contribution is 2.34. The molecule has 1 atom stereocenters. The lowest BCUT2D eigenvalue weighted by Crippen LogP contribution is -2.44. The van der Waals surface area contributed by atoms with Crippen LogP contribution < -0.4 is 5.32 Å². The molecule has 24 heavy (non-hydrogen) atoms. The van der Waals surface area contributed by atoms with Crippen LogP contribution in [0.25, 0.3) is 0 Å². The summed E-state index contributed by atoms with van der Waals surface area (Å²) in [5.74, 6) is 0.488. The van der Waals surface area contributed by atoms with Crippen LogP contribution in [0.5, 0.6) is 0 Å². The molecule has 0 spiro atoms. The highest BCUT2D eigenvalue weighted by molar-refractivity contribution is 6.04. The topological polar surface area (TPSA) is 49.4 Å². The fourth-order valence-corrected chi connectivity index (χ4v) is 3.81. The molecule has 2 amide bonds. The number of hydrogen-bond donors (Lipinski definition) is 1. The molecule has 0 aromatic heterocycles. The van der Waals surface area contributed by atoms with E-state index in [0.717, 1.165) is 24.8 Å². The fourth-order valence-electron chi connectivity index (χ4n) is 3.81. The SMILES string of the molecule is CC(C)CCN1C(=O)c2ccccc2C1C(=O)NC1CCCCC1. The summed E-state index contributed by atoms with van der Waals surface area (Å²) in [6, 6.07) is 7.36. The Morgan fingerprint density at radius 3 is 2.62 bits per heavy atom. The van der Waals surface area contributed by atoms with Crippen LogP contribution in [0.4, 0.5) is 0 Å². The minimum atomic E-state index is -0.464. The number of carbonyl (C=O) groups is 2. The molecule has 2 aliphatic rings. The molecule has 0 saturated heterocycles. The largest absolute Gasteiger partial charge is 0.351 e. The molecule has 0 radical (unpaired) electrons. The molecule has 1 aliphatic heterocycles. The Hall–Kier alpha value is -1.84. The van der Waals surface area contributed by atoms with Crippen LogP contribution >= 0.6 is 0 Å². The minimum absolute atomic E-state index is 0.00459. The molecule has 4 heteroatoms. The number of nitrogens with one attached hydrogen (secondary N) is 1. The van der Waals surface area contributed by atoms with Gasteiger partial charge in [0.05, 0.1) is 0 Å². The van der Waals surface area contributed by atoms with Gasteiger partial charge in [-0.15, -0.1) is 0 Å². The molecule has 130 valence electrons. The molecule has 1 fully saturated rings. The first kappa shape index (κ1) is 17.0. The third-order valence-corrected chi connectivity index (χ3v) is 5.21. The molecule has 1 unspecified atom stereocenters. The van der Waals surface area contributed by atoms with E-state index in [2.05, 4.69) is 19.2 Å². The van der Waals surface area contributed by atoms with Gasteiger partial charge in [0.1, 0.15) is 6.04 Å². The summed E-state index contributed by atoms with van der Waals surface area (Å²) >= 11 is 0. The van der Waals surface area contributed by atoms with Gasteiger partial charge in [0.15, 0.2) is 0 Å². The zero-order chi connectivity index (χ0) is 17.1. The molecular formula is C20H28N2O2. The third kappa shape index (κ3) is 3.47. The van der Waals surface area contributed by atoms with Crippen LogP contribution in [0, 0.1) is 5.92 Å². The van der Waals surface area contributed by atoms with Crippen molar-refractivity contribution in [2.24, 2.45) is 5.92 Å². The van der Waals surface area contributed by atoms with Gasteiger partial charge in [0, 0.05) is 18.2 Å². The molecule has 1 saturated carbocycles. The van der Waals surface area contributed by atoms with Crippen molar-refractivity contribution in [2.75, 3.05) is 6.54 Å². The van der Waals surface area contributed by atoms with E-state index in [9.17, 15) is 9.59 Å². The predicted molar refractivity (Wildman–Crippen MR) is 94.7 cm³/mol. The van der Waals surface area contributed by atoms with E-state index in [4.69, 9.17) is 0 Å². The van der Waals surface area contributed by atoms with Gasteiger partial charge in [-0.1, -0.05) is 51.3 Å². The lowest BCUT2D eigenvalue weighted by Gasteiger charge is -2.29. The first-order valence-corrected chi connectivity index (χ1v) is 9.28. The number of amides is 2. The third-order valence-electron chi connectivity index (χ3n) is 5.21. The van der Waals surface area contributed by atoms with Gasteiger partial charge < -0.3 is 10.2 Å². The molecule has 1 aromatic rings. The zero-order valence-corrected chi connectivity index (χ0v) is 14.8. The van der Waals surface area contributed by atoms with Crippen LogP contribution in [0.3, 0.4) is 0 Å². The molecule has 1 heterocycles. The van der Waals surface area contributed by atoms with E-state index in [0.29, 0.717) is 18.0 Å². The van der Waals surface area contributed by atoms with Crippen molar-refractivity contribution < 1.29 is 9.59 Å². The lowest BCUT2D eigenvalue weighted by molar-refractivity contribution is -0.126. The normalized spacial score (nSPS) is 21.2. The maximum Gasteiger partial charge on any atom is 0.255 e. The van der Waals surface area contributed by atoms with E-state index in [-0.39, 0.29) is 17.9 Å². The van der Waals surface area contributed by atoms with Gasteiger partial charge >= 0.3 is 0 Å². The number of carbonyl (C=O) groups excluding carboxylic acids is 2. The van der Waals surface area contributed by atoms with Crippen molar-refractivity contribution in [2.45, 2.75) is 64.5 Å². The van der Waals surface area contributed by atoms with E-state index in [1.165, 1.54) is 19.3 Å². The second kappa shape index (κ2) is 7.37. The summed E-state index contributed by atoms with van der Waals surface area (Å²) < 4.78 is 0. The van der Waals surface area contributed by atoms with Gasteiger partial charge in [-0.25, -0.2) is 0 Å². The van der Waals surface area contributed by atoms with Crippen molar-refractivity contribution in [3.63, 3.8) is 0 Å². The van der Waals surface area contributed by atoms with Crippen LogP contribution in [0.2, 0.25) is 0 Å². The van der Waals surface area contributed by atoms with E-state index >= 15 is 0 Å². The maximum absolute atomic E-state index is 13.0. The molecule has 1 aliphatic carbocycles. The molecule has 4 nitrogen and oxygen atoms in total. The summed E-state index contributed by atoms with van der Waals surface area (Å²) in [5.41, 5.74) is 1.55. The Kier molecular flexibility index (Phi) is 5.22. The second-order valence-electron chi connectivity index (χ2n) is 7.51. The highest BCUT2D eigenvalue weighted by Gasteiger charge is 2.41. The van der Waals surface area contributed by atoms with E-state index in [1.54, 1.807) is 4.90 Å². The maximum atomic E-state index is 13.0. The summed E-state index contributed by atoms with van der Waals surface area (Å²) in [7, 11) is 0. The summed E-state index contributed by atoms with van der Waals surface area (Å²) in [5, 5.41) is 3.21. The molecule has 3 rings (SSSR count). The van der Waals surface area contributed by atoms with Crippen LogP contribution in [-0.4, -0.2) is 29.3 Å². The molecular weight excluding hydrogens is 300 g/mol. The van der Waals surface area contributed by atoms with Gasteiger partial charge in [0.2, 0.25) is 5.91 Å². The van der Waals surface area contributed by atoms with Crippen LogP contribution in [-0.2, 0) is 4.79 Å². The first-order valence-electron chi connectivity index (χ1n) is 9.28. The van der Waals surface area contributed by atoms with Crippen molar-refractivity contribution in [3.8, 4) is 0 Å². The average molecular weight is 328 g/mol. The number of fused-ring (bicyclic) bond motifs is 1. The predicted octanol–water partition coefficient (Wildman–Crippen LogP) is 3.68. The summed E-state index contributed by atoms with van der Waals surface area (Å²) in [6.45, 7) is 4.92. The smallest absolute Gasteiger partial charge is 0.255 e. The van der Waals surface area contributed by atoms with Gasteiger partial charge in [-0.05, 0) is 36.8 Å². The van der Waals surface area contributed by atoms with Gasteiger partial charge in [0.25, 0.3) is 5.91 Å². The lowest BCUT2D eigenvalue weighted by atomic mass is 9.95. The molecule has 1 N–H and O–H groups in total. The quantitative estimate of drug-likeness (QED) is 0.896. The number of rotatable bonds is 5. The first-order chi connectivity index (χ1) is 11.6. The molecule has 0 bridgehead atoms. The number of nitrogens with zero attached hydrogens (tertiary/aromatic N) is 1. The molecule has 1 aromatic carbocycles. The number of benzene rings is 1. The van der Waals surface area contributed by atoms with Crippen molar-refractivity contribution in [1.82, 2.24) is 10.2 Å². The number of hydrogen-bond acceptors (Lipinski definition) is 2.